The molecule has 2 rings (SSSR count). The lowest BCUT2D eigenvalue weighted by atomic mass is 9.91. The minimum absolute atomic E-state index is 0.0830. The van der Waals surface area contributed by atoms with E-state index in [0.717, 1.165) is 37.8 Å². The van der Waals surface area contributed by atoms with Crippen molar-refractivity contribution in [1.82, 2.24) is 10.2 Å². The van der Waals surface area contributed by atoms with Crippen molar-refractivity contribution in [2.24, 2.45) is 0 Å². The van der Waals surface area contributed by atoms with Crippen LogP contribution >= 0.6 is 0 Å². The molecule has 1 heterocycles. The summed E-state index contributed by atoms with van der Waals surface area (Å²) in [4.78, 5) is 25.4. The van der Waals surface area contributed by atoms with E-state index in [1.807, 2.05) is 4.90 Å². The molecule has 1 unspecified atom stereocenters. The highest BCUT2D eigenvalue weighted by Gasteiger charge is 2.42. The Morgan fingerprint density at radius 2 is 2.04 bits per heavy atom. The van der Waals surface area contributed by atoms with Gasteiger partial charge in [-0.3, -0.25) is 0 Å². The summed E-state index contributed by atoms with van der Waals surface area (Å²) >= 11 is 0. The average Bonchev–Trinajstić information content (AvgIpc) is 2.97. The van der Waals surface area contributed by atoms with Crippen LogP contribution in [0.25, 0.3) is 0 Å². The monoisotopic (exact) mass is 334 g/mol. The molecule has 1 aliphatic rings. The van der Waals surface area contributed by atoms with Crippen LogP contribution in [0.1, 0.15) is 48.5 Å². The first-order chi connectivity index (χ1) is 11.5. The Labute approximate surface area is 142 Å². The van der Waals surface area contributed by atoms with Crippen LogP contribution in [0.5, 0.6) is 0 Å². The molecule has 0 aliphatic carbocycles. The maximum Gasteiger partial charge on any atom is 0.335 e. The SMILES string of the molecule is CCCC1(COC)CCCN1C(=O)NCc1ccc(C(=O)O)cc1. The molecule has 0 spiro atoms. The van der Waals surface area contributed by atoms with E-state index in [4.69, 9.17) is 9.84 Å². The quantitative estimate of drug-likeness (QED) is 0.803. The number of carbonyl (C=O) groups is 2. The first-order valence-electron chi connectivity index (χ1n) is 8.39. The van der Waals surface area contributed by atoms with E-state index in [-0.39, 0.29) is 17.1 Å². The Hall–Kier alpha value is -2.08. The van der Waals surface area contributed by atoms with Gasteiger partial charge in [0.05, 0.1) is 17.7 Å². The zero-order valence-electron chi connectivity index (χ0n) is 14.4. The molecule has 2 N–H and O–H groups in total. The van der Waals surface area contributed by atoms with Crippen molar-refractivity contribution in [2.75, 3.05) is 20.3 Å². The van der Waals surface area contributed by atoms with Crippen molar-refractivity contribution < 1.29 is 19.4 Å². The molecule has 1 atom stereocenters. The van der Waals surface area contributed by atoms with Gasteiger partial charge in [-0.15, -0.1) is 0 Å². The third kappa shape index (κ3) is 4.06. The lowest BCUT2D eigenvalue weighted by molar-refractivity contribution is 0.0500. The van der Waals surface area contributed by atoms with E-state index in [9.17, 15) is 9.59 Å². The average molecular weight is 334 g/mol. The second-order valence-corrected chi connectivity index (χ2v) is 6.32. The molecule has 132 valence electrons. The summed E-state index contributed by atoms with van der Waals surface area (Å²) < 4.78 is 5.38. The number of nitrogens with one attached hydrogen (secondary N) is 1. The van der Waals surface area contributed by atoms with Crippen molar-refractivity contribution >= 4 is 12.0 Å². The number of urea groups is 1. The van der Waals surface area contributed by atoms with Crippen molar-refractivity contribution in [2.45, 2.75) is 44.7 Å². The van der Waals surface area contributed by atoms with E-state index in [1.54, 1.807) is 31.4 Å². The third-order valence-corrected chi connectivity index (χ3v) is 4.61. The number of rotatable bonds is 7. The zero-order valence-corrected chi connectivity index (χ0v) is 14.4. The van der Waals surface area contributed by atoms with Gasteiger partial charge in [-0.1, -0.05) is 25.5 Å². The van der Waals surface area contributed by atoms with Gasteiger partial charge in [0, 0.05) is 20.2 Å². The van der Waals surface area contributed by atoms with Crippen molar-refractivity contribution in [3.8, 4) is 0 Å². The molecule has 6 heteroatoms. The fourth-order valence-electron chi connectivity index (χ4n) is 3.51. The van der Waals surface area contributed by atoms with E-state index in [1.165, 1.54) is 0 Å². The predicted molar refractivity (Wildman–Crippen MR) is 91.1 cm³/mol. The second-order valence-electron chi connectivity index (χ2n) is 6.32. The fraction of sp³-hybridized carbons (Fsp3) is 0.556. The molecule has 0 aromatic heterocycles. The number of carboxylic acids is 1. The second kappa shape index (κ2) is 8.15. The number of amides is 2. The molecule has 1 aromatic carbocycles. The van der Waals surface area contributed by atoms with Gasteiger partial charge in [-0.25, -0.2) is 9.59 Å². The maximum atomic E-state index is 12.6. The highest BCUT2D eigenvalue weighted by Crippen LogP contribution is 2.34. The van der Waals surface area contributed by atoms with Crippen LogP contribution in [0.15, 0.2) is 24.3 Å². The highest BCUT2D eigenvalue weighted by atomic mass is 16.5. The fourth-order valence-corrected chi connectivity index (χ4v) is 3.51. The van der Waals surface area contributed by atoms with E-state index in [0.29, 0.717) is 13.2 Å². The lowest BCUT2D eigenvalue weighted by Crippen LogP contribution is -2.53. The number of methoxy groups -OCH3 is 1. The van der Waals surface area contributed by atoms with Gasteiger partial charge >= 0.3 is 12.0 Å². The Bertz CT molecular complexity index is 565. The van der Waals surface area contributed by atoms with E-state index >= 15 is 0 Å². The van der Waals surface area contributed by atoms with Crippen LogP contribution in [-0.4, -0.2) is 47.8 Å². The molecule has 6 nitrogen and oxygen atoms in total. The smallest absolute Gasteiger partial charge is 0.335 e. The lowest BCUT2D eigenvalue weighted by Gasteiger charge is -2.38. The van der Waals surface area contributed by atoms with Gasteiger partial charge in [-0.05, 0) is 37.0 Å². The van der Waals surface area contributed by atoms with Gasteiger partial charge in [0.25, 0.3) is 0 Å². The van der Waals surface area contributed by atoms with Gasteiger partial charge in [0.15, 0.2) is 0 Å². The summed E-state index contributed by atoms with van der Waals surface area (Å²) in [7, 11) is 1.68. The number of ether oxygens (including phenoxy) is 1. The van der Waals surface area contributed by atoms with Gasteiger partial charge in [-0.2, -0.15) is 0 Å². The van der Waals surface area contributed by atoms with Crippen LogP contribution in [0.2, 0.25) is 0 Å². The number of nitrogens with zero attached hydrogens (tertiary/aromatic N) is 1. The zero-order chi connectivity index (χ0) is 17.6. The number of benzene rings is 1. The molecule has 2 amide bonds. The molecule has 1 saturated heterocycles. The van der Waals surface area contributed by atoms with Gasteiger partial charge in [0.2, 0.25) is 0 Å². The predicted octanol–water partition coefficient (Wildman–Crippen LogP) is 2.88. The minimum Gasteiger partial charge on any atom is -0.478 e. The number of carbonyl (C=O) groups excluding carboxylic acids is 1. The Morgan fingerprint density at radius 3 is 2.62 bits per heavy atom. The maximum absolute atomic E-state index is 12.6. The van der Waals surface area contributed by atoms with E-state index < -0.39 is 5.97 Å². The van der Waals surface area contributed by atoms with Crippen molar-refractivity contribution in [1.29, 1.82) is 0 Å². The molecule has 0 radical (unpaired) electrons. The topological polar surface area (TPSA) is 78.9 Å². The van der Waals surface area contributed by atoms with Crippen LogP contribution in [0.4, 0.5) is 4.79 Å². The largest absolute Gasteiger partial charge is 0.478 e. The molecule has 1 aliphatic heterocycles. The van der Waals surface area contributed by atoms with E-state index in [2.05, 4.69) is 12.2 Å². The van der Waals surface area contributed by atoms with Crippen molar-refractivity contribution in [3.63, 3.8) is 0 Å². The van der Waals surface area contributed by atoms with Crippen LogP contribution in [0.3, 0.4) is 0 Å². The molecular weight excluding hydrogens is 308 g/mol. The molecular formula is C18H26N2O4. The van der Waals surface area contributed by atoms with Crippen LogP contribution in [-0.2, 0) is 11.3 Å². The molecule has 1 fully saturated rings. The minimum atomic E-state index is -0.952. The molecule has 0 saturated carbocycles. The summed E-state index contributed by atoms with van der Waals surface area (Å²) in [5.74, 6) is -0.952. The number of likely N-dealkylation sites (tertiary alicyclic amines) is 1. The van der Waals surface area contributed by atoms with Gasteiger partial charge < -0.3 is 20.1 Å². The number of hydrogen-bond acceptors (Lipinski definition) is 3. The van der Waals surface area contributed by atoms with Crippen molar-refractivity contribution in [3.05, 3.63) is 35.4 Å². The normalized spacial score (nSPS) is 20.2. The van der Waals surface area contributed by atoms with Crippen LogP contribution < -0.4 is 5.32 Å². The molecule has 0 bridgehead atoms. The third-order valence-electron chi connectivity index (χ3n) is 4.61. The van der Waals surface area contributed by atoms with Crippen LogP contribution in [0, 0.1) is 0 Å². The number of aromatic carboxylic acids is 1. The summed E-state index contributed by atoms with van der Waals surface area (Å²) in [6.07, 6.45) is 3.89. The standard InChI is InChI=1S/C18H26N2O4/c1-3-9-18(13-24-2)10-4-11-20(18)17(23)19-12-14-5-7-15(8-6-14)16(21)22/h5-8H,3-4,9-13H2,1-2H3,(H,19,23)(H,21,22). The Kier molecular flexibility index (Phi) is 6.20. The Morgan fingerprint density at radius 1 is 1.33 bits per heavy atom. The summed E-state index contributed by atoms with van der Waals surface area (Å²) in [5.41, 5.74) is 0.910. The first kappa shape index (κ1) is 18.3. The highest BCUT2D eigenvalue weighted by molar-refractivity contribution is 5.87. The number of carboxylic acid groups (broad SMARTS) is 1. The Balaban J connectivity index is 1.99. The first-order valence-corrected chi connectivity index (χ1v) is 8.39. The summed E-state index contributed by atoms with van der Waals surface area (Å²) in [6.45, 7) is 3.80. The summed E-state index contributed by atoms with van der Waals surface area (Å²) in [6, 6.07) is 6.46. The van der Waals surface area contributed by atoms with Gasteiger partial charge in [0.1, 0.15) is 0 Å². The number of hydrogen-bond donors (Lipinski definition) is 2. The molecule has 1 aromatic rings. The summed E-state index contributed by atoms with van der Waals surface area (Å²) in [5, 5.41) is 11.9. The molecule has 24 heavy (non-hydrogen) atoms.